The fourth-order valence-electron chi connectivity index (χ4n) is 1.66. The minimum Gasteiger partial charge on any atom is -0.338 e. The van der Waals surface area contributed by atoms with Crippen LogP contribution in [0.1, 0.15) is 49.3 Å². The predicted octanol–water partition coefficient (Wildman–Crippen LogP) is 3.45. The molecule has 5 heteroatoms. The third-order valence-corrected chi connectivity index (χ3v) is 4.04. The number of hydrogen-bond donors (Lipinski definition) is 0. The highest BCUT2D eigenvalue weighted by Gasteiger charge is 2.16. The summed E-state index contributed by atoms with van der Waals surface area (Å²) < 4.78 is 5.26. The van der Waals surface area contributed by atoms with E-state index in [0.29, 0.717) is 24.4 Å². The molecule has 0 N–H and O–H groups in total. The molecule has 0 aromatic carbocycles. The molecule has 0 aliphatic heterocycles. The molecule has 0 fully saturated rings. The fourth-order valence-corrected chi connectivity index (χ4v) is 2.51. The fraction of sp³-hybridized carbons (Fsp3) is 0.538. The van der Waals surface area contributed by atoms with E-state index in [1.165, 1.54) is 4.88 Å². The zero-order chi connectivity index (χ0) is 13.1. The summed E-state index contributed by atoms with van der Waals surface area (Å²) in [6.45, 7) is 6.99. The van der Waals surface area contributed by atoms with Crippen molar-refractivity contribution in [2.24, 2.45) is 0 Å². The molecule has 2 rings (SSSR count). The maximum Gasteiger partial charge on any atom is 0.240 e. The van der Waals surface area contributed by atoms with Crippen molar-refractivity contribution in [3.05, 3.63) is 34.1 Å². The van der Waals surface area contributed by atoms with E-state index < -0.39 is 0 Å². The molecule has 0 saturated carbocycles. The molecule has 4 nitrogen and oxygen atoms in total. The Labute approximate surface area is 112 Å². The average molecular weight is 265 g/mol. The lowest BCUT2D eigenvalue weighted by Crippen LogP contribution is -2.21. The molecule has 18 heavy (non-hydrogen) atoms. The SMILES string of the molecule is CC(C)c1noc(CN(C)[C@@H](C)c2cccs2)n1. The first kappa shape index (κ1) is 13.2. The third kappa shape index (κ3) is 2.97. The molecule has 0 unspecified atom stereocenters. The Hall–Kier alpha value is -1.20. The highest BCUT2D eigenvalue weighted by atomic mass is 32.1. The summed E-state index contributed by atoms with van der Waals surface area (Å²) in [4.78, 5) is 7.96. The number of rotatable bonds is 5. The molecule has 0 aliphatic carbocycles. The van der Waals surface area contributed by atoms with E-state index in [1.807, 2.05) is 0 Å². The van der Waals surface area contributed by atoms with E-state index in [9.17, 15) is 0 Å². The van der Waals surface area contributed by atoms with Crippen molar-refractivity contribution in [2.45, 2.75) is 39.3 Å². The summed E-state index contributed by atoms with van der Waals surface area (Å²) in [5, 5.41) is 6.08. The zero-order valence-corrected chi connectivity index (χ0v) is 12.1. The summed E-state index contributed by atoms with van der Waals surface area (Å²) in [5.74, 6) is 1.77. The van der Waals surface area contributed by atoms with Crippen LogP contribution >= 0.6 is 11.3 Å². The molecule has 0 aliphatic rings. The van der Waals surface area contributed by atoms with Crippen molar-refractivity contribution in [3.8, 4) is 0 Å². The Balaban J connectivity index is 2.00. The molecule has 0 spiro atoms. The standard InChI is InChI=1S/C13H19N3OS/c1-9(2)13-14-12(17-15-13)8-16(4)10(3)11-6-5-7-18-11/h5-7,9-10H,8H2,1-4H3/t10-/m0/s1. The Bertz CT molecular complexity index is 478. The highest BCUT2D eigenvalue weighted by Crippen LogP contribution is 2.24. The lowest BCUT2D eigenvalue weighted by atomic mass is 10.2. The molecular formula is C13H19N3OS. The monoisotopic (exact) mass is 265 g/mol. The highest BCUT2D eigenvalue weighted by molar-refractivity contribution is 7.10. The third-order valence-electron chi connectivity index (χ3n) is 3.00. The number of hydrogen-bond acceptors (Lipinski definition) is 5. The van der Waals surface area contributed by atoms with Gasteiger partial charge in [-0.25, -0.2) is 0 Å². The van der Waals surface area contributed by atoms with Gasteiger partial charge in [-0.3, -0.25) is 4.90 Å². The van der Waals surface area contributed by atoms with E-state index in [0.717, 1.165) is 5.82 Å². The summed E-state index contributed by atoms with van der Waals surface area (Å²) >= 11 is 1.77. The van der Waals surface area contributed by atoms with Gasteiger partial charge >= 0.3 is 0 Å². The van der Waals surface area contributed by atoms with Gasteiger partial charge in [-0.2, -0.15) is 4.98 Å². The Morgan fingerprint density at radius 1 is 1.39 bits per heavy atom. The largest absolute Gasteiger partial charge is 0.338 e. The Kier molecular flexibility index (Phi) is 4.14. The molecule has 2 aromatic heterocycles. The van der Waals surface area contributed by atoms with Crippen LogP contribution in [0.3, 0.4) is 0 Å². The molecule has 0 amide bonds. The van der Waals surface area contributed by atoms with E-state index in [1.54, 1.807) is 11.3 Å². The number of thiophene rings is 1. The lowest BCUT2D eigenvalue weighted by molar-refractivity contribution is 0.218. The van der Waals surface area contributed by atoms with Crippen LogP contribution in [0.5, 0.6) is 0 Å². The molecule has 2 aromatic rings. The molecule has 0 saturated heterocycles. The molecular weight excluding hydrogens is 246 g/mol. The normalized spacial score (nSPS) is 13.4. The molecule has 1 atom stereocenters. The summed E-state index contributed by atoms with van der Waals surface area (Å²) in [5.41, 5.74) is 0. The van der Waals surface area contributed by atoms with Gasteiger partial charge in [0.1, 0.15) is 0 Å². The summed E-state index contributed by atoms with van der Waals surface area (Å²) in [6.07, 6.45) is 0. The van der Waals surface area contributed by atoms with Gasteiger partial charge in [0.15, 0.2) is 5.82 Å². The first-order valence-corrected chi connectivity index (χ1v) is 7.02. The average Bonchev–Trinajstić information content (AvgIpc) is 2.98. The van der Waals surface area contributed by atoms with E-state index in [4.69, 9.17) is 4.52 Å². The number of aromatic nitrogens is 2. The molecule has 2 heterocycles. The Morgan fingerprint density at radius 3 is 2.72 bits per heavy atom. The zero-order valence-electron chi connectivity index (χ0n) is 11.3. The van der Waals surface area contributed by atoms with Crippen LogP contribution in [0.4, 0.5) is 0 Å². The maximum atomic E-state index is 5.26. The lowest BCUT2D eigenvalue weighted by Gasteiger charge is -2.21. The van der Waals surface area contributed by atoms with Crippen LogP contribution in [-0.4, -0.2) is 22.1 Å². The second kappa shape index (κ2) is 5.63. The molecule has 0 bridgehead atoms. The van der Waals surface area contributed by atoms with E-state index in [-0.39, 0.29) is 0 Å². The van der Waals surface area contributed by atoms with Gasteiger partial charge in [0.05, 0.1) is 6.54 Å². The maximum absolute atomic E-state index is 5.26. The van der Waals surface area contributed by atoms with Crippen LogP contribution in [-0.2, 0) is 6.54 Å². The van der Waals surface area contributed by atoms with Crippen molar-refractivity contribution >= 4 is 11.3 Å². The predicted molar refractivity (Wildman–Crippen MR) is 72.6 cm³/mol. The van der Waals surface area contributed by atoms with Crippen LogP contribution in [0.2, 0.25) is 0 Å². The van der Waals surface area contributed by atoms with Crippen LogP contribution in [0.15, 0.2) is 22.0 Å². The van der Waals surface area contributed by atoms with Crippen molar-refractivity contribution in [3.63, 3.8) is 0 Å². The minimum absolute atomic E-state index is 0.308. The van der Waals surface area contributed by atoms with Crippen molar-refractivity contribution in [1.29, 1.82) is 0 Å². The van der Waals surface area contributed by atoms with Crippen LogP contribution in [0, 0.1) is 0 Å². The van der Waals surface area contributed by atoms with Gasteiger partial charge in [0.2, 0.25) is 5.89 Å². The second-order valence-corrected chi connectivity index (χ2v) is 5.79. The van der Waals surface area contributed by atoms with Crippen molar-refractivity contribution in [2.75, 3.05) is 7.05 Å². The van der Waals surface area contributed by atoms with E-state index in [2.05, 4.69) is 60.4 Å². The minimum atomic E-state index is 0.308. The first-order chi connectivity index (χ1) is 8.58. The topological polar surface area (TPSA) is 42.2 Å². The smallest absolute Gasteiger partial charge is 0.240 e. The first-order valence-electron chi connectivity index (χ1n) is 6.14. The number of nitrogens with zero attached hydrogens (tertiary/aromatic N) is 3. The van der Waals surface area contributed by atoms with Crippen molar-refractivity contribution < 1.29 is 4.52 Å². The van der Waals surface area contributed by atoms with Gasteiger partial charge in [0.25, 0.3) is 0 Å². The molecule has 98 valence electrons. The van der Waals surface area contributed by atoms with Gasteiger partial charge in [-0.15, -0.1) is 11.3 Å². The molecule has 0 radical (unpaired) electrons. The van der Waals surface area contributed by atoms with Gasteiger partial charge in [0, 0.05) is 16.8 Å². The van der Waals surface area contributed by atoms with Crippen LogP contribution < -0.4 is 0 Å². The quantitative estimate of drug-likeness (QED) is 0.830. The van der Waals surface area contributed by atoms with Gasteiger partial charge in [-0.05, 0) is 25.4 Å². The summed E-state index contributed by atoms with van der Waals surface area (Å²) in [7, 11) is 2.07. The Morgan fingerprint density at radius 2 is 2.17 bits per heavy atom. The van der Waals surface area contributed by atoms with Gasteiger partial charge in [-0.1, -0.05) is 25.1 Å². The van der Waals surface area contributed by atoms with Crippen LogP contribution in [0.25, 0.3) is 0 Å². The second-order valence-electron chi connectivity index (χ2n) is 4.81. The summed E-state index contributed by atoms with van der Waals surface area (Å²) in [6, 6.07) is 4.59. The van der Waals surface area contributed by atoms with E-state index >= 15 is 0 Å². The van der Waals surface area contributed by atoms with Crippen molar-refractivity contribution in [1.82, 2.24) is 15.0 Å². The van der Waals surface area contributed by atoms with Gasteiger partial charge < -0.3 is 4.52 Å².